The van der Waals surface area contributed by atoms with Gasteiger partial charge in [-0.3, -0.25) is 4.68 Å². The highest BCUT2D eigenvalue weighted by atomic mass is 19.1. The Bertz CT molecular complexity index is 1260. The predicted octanol–water partition coefficient (Wildman–Crippen LogP) is 5.00. The number of nitrogens with zero attached hydrogens (tertiary/aromatic N) is 5. The van der Waals surface area contributed by atoms with Gasteiger partial charge in [0, 0.05) is 35.3 Å². The lowest BCUT2D eigenvalue weighted by Crippen LogP contribution is -2.25. The van der Waals surface area contributed by atoms with Crippen molar-refractivity contribution in [3.05, 3.63) is 54.5 Å². The SMILES string of the molecule is COc1nc(-c2ccn3cc(C)nc3c2)c(-c2cnn(CC3(F)CCCC3)c2)cc1F. The molecule has 0 atom stereocenters. The first-order valence-corrected chi connectivity index (χ1v) is 10.4. The summed E-state index contributed by atoms with van der Waals surface area (Å²) in [5.74, 6) is -0.649. The van der Waals surface area contributed by atoms with Crippen LogP contribution in [0.15, 0.2) is 43.0 Å². The van der Waals surface area contributed by atoms with Crippen LogP contribution in [0.2, 0.25) is 0 Å². The van der Waals surface area contributed by atoms with Crippen LogP contribution in [0.5, 0.6) is 5.88 Å². The number of halogens is 2. The van der Waals surface area contributed by atoms with Gasteiger partial charge in [-0.2, -0.15) is 5.10 Å². The maximum absolute atomic E-state index is 14.9. The van der Waals surface area contributed by atoms with Gasteiger partial charge >= 0.3 is 0 Å². The van der Waals surface area contributed by atoms with Crippen molar-refractivity contribution in [2.75, 3.05) is 7.11 Å². The zero-order valence-corrected chi connectivity index (χ0v) is 17.5. The molecular weight excluding hydrogens is 400 g/mol. The maximum Gasteiger partial charge on any atom is 0.250 e. The molecule has 0 saturated heterocycles. The lowest BCUT2D eigenvalue weighted by Gasteiger charge is -2.18. The van der Waals surface area contributed by atoms with E-state index in [9.17, 15) is 8.78 Å². The number of hydrogen-bond donors (Lipinski definition) is 0. The largest absolute Gasteiger partial charge is 0.479 e. The van der Waals surface area contributed by atoms with Crippen LogP contribution in [0.25, 0.3) is 28.0 Å². The molecule has 160 valence electrons. The summed E-state index contributed by atoms with van der Waals surface area (Å²) in [5.41, 5.74) is 3.01. The number of fused-ring (bicyclic) bond motifs is 1. The van der Waals surface area contributed by atoms with E-state index in [4.69, 9.17) is 4.74 Å². The molecule has 5 rings (SSSR count). The van der Waals surface area contributed by atoms with Crippen LogP contribution in [-0.2, 0) is 6.54 Å². The van der Waals surface area contributed by atoms with Gasteiger partial charge in [-0.25, -0.2) is 18.7 Å². The highest BCUT2D eigenvalue weighted by Crippen LogP contribution is 2.37. The molecule has 0 aromatic carbocycles. The Hall–Kier alpha value is -3.29. The van der Waals surface area contributed by atoms with Crippen LogP contribution in [-0.4, -0.2) is 36.9 Å². The molecule has 4 heterocycles. The average molecular weight is 423 g/mol. The molecule has 1 saturated carbocycles. The van der Waals surface area contributed by atoms with Crippen molar-refractivity contribution in [2.45, 2.75) is 44.8 Å². The zero-order valence-electron chi connectivity index (χ0n) is 17.5. The van der Waals surface area contributed by atoms with E-state index in [0.717, 1.165) is 29.7 Å². The van der Waals surface area contributed by atoms with Gasteiger partial charge in [-0.1, -0.05) is 12.8 Å². The quantitative estimate of drug-likeness (QED) is 0.453. The molecule has 0 N–H and O–H groups in total. The van der Waals surface area contributed by atoms with Crippen LogP contribution >= 0.6 is 0 Å². The van der Waals surface area contributed by atoms with E-state index < -0.39 is 11.5 Å². The molecule has 0 unspecified atom stereocenters. The first-order valence-electron chi connectivity index (χ1n) is 10.4. The summed E-state index contributed by atoms with van der Waals surface area (Å²) in [6, 6.07) is 5.19. The number of aryl methyl sites for hydroxylation is 1. The Balaban J connectivity index is 1.59. The average Bonchev–Trinajstić information content (AvgIpc) is 3.47. The van der Waals surface area contributed by atoms with Gasteiger partial charge in [0.05, 0.1) is 31.2 Å². The highest BCUT2D eigenvalue weighted by molar-refractivity contribution is 5.81. The number of methoxy groups -OCH3 is 1. The summed E-state index contributed by atoms with van der Waals surface area (Å²) < 4.78 is 38.1. The number of pyridine rings is 2. The fourth-order valence-corrected chi connectivity index (χ4v) is 4.36. The summed E-state index contributed by atoms with van der Waals surface area (Å²) in [7, 11) is 1.39. The fraction of sp³-hybridized carbons (Fsp3) is 0.348. The third-order valence-electron chi connectivity index (χ3n) is 5.88. The van der Waals surface area contributed by atoms with Crippen LogP contribution in [0.3, 0.4) is 0 Å². The first-order chi connectivity index (χ1) is 14.9. The van der Waals surface area contributed by atoms with E-state index in [2.05, 4.69) is 15.1 Å². The second-order valence-corrected chi connectivity index (χ2v) is 8.22. The van der Waals surface area contributed by atoms with Gasteiger partial charge in [0.25, 0.3) is 5.88 Å². The maximum atomic E-state index is 14.9. The lowest BCUT2D eigenvalue weighted by molar-refractivity contribution is 0.139. The van der Waals surface area contributed by atoms with Crippen LogP contribution in [0, 0.1) is 12.7 Å². The van der Waals surface area contributed by atoms with Gasteiger partial charge in [-0.05, 0) is 38.0 Å². The van der Waals surface area contributed by atoms with E-state index in [1.54, 1.807) is 17.1 Å². The molecule has 4 aromatic rings. The van der Waals surface area contributed by atoms with Gasteiger partial charge in [0.2, 0.25) is 0 Å². The Morgan fingerprint density at radius 2 is 1.94 bits per heavy atom. The van der Waals surface area contributed by atoms with Crippen LogP contribution < -0.4 is 4.74 Å². The molecule has 1 aliphatic rings. The lowest BCUT2D eigenvalue weighted by atomic mass is 10.0. The normalized spacial score (nSPS) is 15.6. The molecule has 1 aliphatic carbocycles. The van der Waals surface area contributed by atoms with E-state index in [0.29, 0.717) is 29.7 Å². The van der Waals surface area contributed by atoms with Crippen molar-refractivity contribution in [2.24, 2.45) is 0 Å². The second-order valence-electron chi connectivity index (χ2n) is 8.22. The molecule has 31 heavy (non-hydrogen) atoms. The smallest absolute Gasteiger partial charge is 0.250 e. The third kappa shape index (κ3) is 3.66. The summed E-state index contributed by atoms with van der Waals surface area (Å²) >= 11 is 0. The topological polar surface area (TPSA) is 57.2 Å². The van der Waals surface area contributed by atoms with Gasteiger partial charge < -0.3 is 9.14 Å². The minimum Gasteiger partial charge on any atom is -0.479 e. The minimum absolute atomic E-state index is 0.0841. The van der Waals surface area contributed by atoms with Crippen LogP contribution in [0.4, 0.5) is 8.78 Å². The van der Waals surface area contributed by atoms with Gasteiger partial charge in [0.15, 0.2) is 5.82 Å². The first kappa shape index (κ1) is 19.7. The monoisotopic (exact) mass is 423 g/mol. The summed E-state index contributed by atoms with van der Waals surface area (Å²) in [5, 5.41) is 4.34. The molecule has 6 nitrogen and oxygen atoms in total. The Kier molecular flexibility index (Phi) is 4.72. The number of rotatable bonds is 5. The summed E-state index contributed by atoms with van der Waals surface area (Å²) in [6.07, 6.45) is 10.1. The van der Waals surface area contributed by atoms with Crippen molar-refractivity contribution in [3.8, 4) is 28.3 Å². The molecule has 0 bridgehead atoms. The summed E-state index contributed by atoms with van der Waals surface area (Å²) in [6.45, 7) is 2.13. The number of imidazole rings is 1. The Morgan fingerprint density at radius 3 is 2.71 bits per heavy atom. The molecule has 0 spiro atoms. The standard InChI is InChI=1S/C23H23F2N5O/c1-15-12-29-8-5-16(9-20(29)27-15)21-18(10-19(24)22(28-21)31-2)17-11-26-30(13-17)14-23(25)6-3-4-7-23/h5,8-13H,3-4,6-7,14H2,1-2H3. The van der Waals surface area contributed by atoms with Crippen molar-refractivity contribution in [1.29, 1.82) is 0 Å². The third-order valence-corrected chi connectivity index (χ3v) is 5.88. The van der Waals surface area contributed by atoms with E-state index >= 15 is 0 Å². The highest BCUT2D eigenvalue weighted by Gasteiger charge is 2.34. The number of alkyl halides is 1. The number of aromatic nitrogens is 5. The molecule has 0 aliphatic heterocycles. The Labute approximate surface area is 178 Å². The number of ether oxygens (including phenoxy) is 1. The van der Waals surface area contributed by atoms with Crippen molar-refractivity contribution in [3.63, 3.8) is 0 Å². The molecular formula is C23H23F2N5O. The van der Waals surface area contributed by atoms with Gasteiger partial charge in [-0.15, -0.1) is 0 Å². The molecule has 8 heteroatoms. The summed E-state index contributed by atoms with van der Waals surface area (Å²) in [4.78, 5) is 8.93. The van der Waals surface area contributed by atoms with Crippen molar-refractivity contribution < 1.29 is 13.5 Å². The zero-order chi connectivity index (χ0) is 21.6. The number of hydrogen-bond acceptors (Lipinski definition) is 4. The second kappa shape index (κ2) is 7.44. The van der Waals surface area contributed by atoms with Crippen molar-refractivity contribution in [1.82, 2.24) is 24.1 Å². The van der Waals surface area contributed by atoms with Gasteiger partial charge in [0.1, 0.15) is 11.3 Å². The molecule has 0 amide bonds. The molecule has 0 radical (unpaired) electrons. The van der Waals surface area contributed by atoms with E-state index in [1.165, 1.54) is 13.2 Å². The van der Waals surface area contributed by atoms with E-state index in [1.807, 2.05) is 35.9 Å². The fourth-order valence-electron chi connectivity index (χ4n) is 4.36. The minimum atomic E-state index is -1.22. The van der Waals surface area contributed by atoms with Crippen molar-refractivity contribution >= 4 is 5.65 Å². The molecule has 4 aromatic heterocycles. The predicted molar refractivity (Wildman–Crippen MR) is 113 cm³/mol. The molecule has 1 fully saturated rings. The van der Waals surface area contributed by atoms with E-state index in [-0.39, 0.29) is 12.4 Å². The van der Waals surface area contributed by atoms with Crippen LogP contribution in [0.1, 0.15) is 31.4 Å². The Morgan fingerprint density at radius 1 is 1.13 bits per heavy atom.